The predicted octanol–water partition coefficient (Wildman–Crippen LogP) is 6.15. The molecule has 0 unspecified atom stereocenters. The zero-order valence-corrected chi connectivity index (χ0v) is 23.7. The van der Waals surface area contributed by atoms with Crippen LogP contribution >= 0.6 is 0 Å². The molecule has 208 valence electrons. The van der Waals surface area contributed by atoms with Crippen LogP contribution in [0.3, 0.4) is 0 Å². The number of hydrogen-bond acceptors (Lipinski definition) is 7. The molecule has 4 rings (SSSR count). The Kier molecular flexibility index (Phi) is 8.49. The first kappa shape index (κ1) is 28.7. The third-order valence-electron chi connectivity index (χ3n) is 5.85. The second-order valence-corrected chi connectivity index (χ2v) is 11.5. The first-order valence-electron chi connectivity index (χ1n) is 12.6. The number of halogens is 1. The van der Waals surface area contributed by atoms with Crippen LogP contribution in [0.1, 0.15) is 40.9 Å². The highest BCUT2D eigenvalue weighted by molar-refractivity contribution is 7.90. The fourth-order valence-electron chi connectivity index (χ4n) is 4.05. The third-order valence-corrected chi connectivity index (χ3v) is 7.09. The van der Waals surface area contributed by atoms with Crippen molar-refractivity contribution in [1.82, 2.24) is 14.7 Å². The minimum absolute atomic E-state index is 0.136. The van der Waals surface area contributed by atoms with Crippen molar-refractivity contribution >= 4 is 15.9 Å². The maximum Gasteiger partial charge on any atom is 0.281 e. The van der Waals surface area contributed by atoms with Crippen molar-refractivity contribution < 1.29 is 27.1 Å². The van der Waals surface area contributed by atoms with Gasteiger partial charge in [-0.1, -0.05) is 37.6 Å². The van der Waals surface area contributed by atoms with E-state index in [4.69, 9.17) is 9.47 Å². The van der Waals surface area contributed by atoms with Crippen molar-refractivity contribution in [3.63, 3.8) is 0 Å². The van der Waals surface area contributed by atoms with Crippen molar-refractivity contribution in [1.29, 1.82) is 0 Å². The molecule has 4 aromatic rings. The summed E-state index contributed by atoms with van der Waals surface area (Å²) >= 11 is 0. The Hall–Kier alpha value is -4.31. The minimum Gasteiger partial charge on any atom is -0.493 e. The minimum atomic E-state index is -4.28. The van der Waals surface area contributed by atoms with Gasteiger partial charge in [0.1, 0.15) is 22.9 Å². The van der Waals surface area contributed by atoms with Crippen LogP contribution < -0.4 is 14.2 Å². The zero-order valence-electron chi connectivity index (χ0n) is 22.9. The predicted molar refractivity (Wildman–Crippen MR) is 150 cm³/mol. The second-order valence-electron chi connectivity index (χ2n) is 9.83. The number of carbonyl (C=O) groups is 1. The van der Waals surface area contributed by atoms with Crippen molar-refractivity contribution in [3.05, 3.63) is 94.9 Å². The molecule has 0 fully saturated rings. The molecule has 0 aliphatic rings. The average molecular weight is 564 g/mol. The van der Waals surface area contributed by atoms with E-state index in [1.54, 1.807) is 6.07 Å². The molecule has 0 spiro atoms. The van der Waals surface area contributed by atoms with Gasteiger partial charge < -0.3 is 9.47 Å². The number of nitrogens with one attached hydrogen (secondary N) is 1. The van der Waals surface area contributed by atoms with Gasteiger partial charge in [0.2, 0.25) is 5.88 Å². The Bertz CT molecular complexity index is 1630. The number of carbonyl (C=O) groups excluding carboxylic acids is 1. The van der Waals surface area contributed by atoms with E-state index in [0.717, 1.165) is 16.7 Å². The van der Waals surface area contributed by atoms with E-state index in [-0.39, 0.29) is 33.6 Å². The molecule has 1 N–H and O–H groups in total. The van der Waals surface area contributed by atoms with Gasteiger partial charge in [-0.3, -0.25) is 4.79 Å². The van der Waals surface area contributed by atoms with Crippen molar-refractivity contribution in [3.8, 4) is 28.6 Å². The molecule has 2 aromatic carbocycles. The standard InChI is InChI=1S/C30H30FN3O5S/c1-18(2)17-38-22-9-11-25(31)24(16-22)26-12-10-23(29(35)34-40(36,37)27-8-6-7-13-32-27)30(33-26)39-28-20(4)14-19(3)15-21(28)5/h6-16,18H,17H2,1-5H3,(H,34,35). The van der Waals surface area contributed by atoms with E-state index in [1.165, 1.54) is 48.7 Å². The van der Waals surface area contributed by atoms with Crippen LogP contribution in [0.5, 0.6) is 17.4 Å². The summed E-state index contributed by atoms with van der Waals surface area (Å²) in [5.74, 6) is -0.527. The van der Waals surface area contributed by atoms with E-state index in [2.05, 4.69) is 9.97 Å². The van der Waals surface area contributed by atoms with Crippen LogP contribution in [0.2, 0.25) is 0 Å². The normalized spacial score (nSPS) is 11.4. The smallest absolute Gasteiger partial charge is 0.281 e. The summed E-state index contributed by atoms with van der Waals surface area (Å²) < 4.78 is 54.4. The van der Waals surface area contributed by atoms with Crippen molar-refractivity contribution in [2.24, 2.45) is 5.92 Å². The summed E-state index contributed by atoms with van der Waals surface area (Å²) in [6, 6.07) is 15.2. The SMILES string of the molecule is Cc1cc(C)c(Oc2nc(-c3cc(OCC(C)C)ccc3F)ccc2C(=O)NS(=O)(=O)c2ccccn2)c(C)c1. The molecule has 0 saturated carbocycles. The van der Waals surface area contributed by atoms with Gasteiger partial charge in [-0.25, -0.2) is 19.1 Å². The number of hydrogen-bond donors (Lipinski definition) is 1. The topological polar surface area (TPSA) is 107 Å². The quantitative estimate of drug-likeness (QED) is 0.260. The number of ether oxygens (including phenoxy) is 2. The lowest BCUT2D eigenvalue weighted by molar-refractivity contribution is 0.0978. The molecule has 0 aliphatic heterocycles. The molecule has 0 aliphatic carbocycles. The monoisotopic (exact) mass is 563 g/mol. The molecular weight excluding hydrogens is 533 g/mol. The van der Waals surface area contributed by atoms with Gasteiger partial charge in [-0.15, -0.1) is 0 Å². The summed E-state index contributed by atoms with van der Waals surface area (Å²) in [7, 11) is -4.28. The van der Waals surface area contributed by atoms with Crippen LogP contribution in [0.25, 0.3) is 11.3 Å². The summed E-state index contributed by atoms with van der Waals surface area (Å²) in [5.41, 5.74) is 2.74. The Morgan fingerprint density at radius 1 is 1.00 bits per heavy atom. The molecule has 0 saturated heterocycles. The lowest BCUT2D eigenvalue weighted by Crippen LogP contribution is -2.31. The van der Waals surface area contributed by atoms with E-state index in [9.17, 15) is 17.6 Å². The number of sulfonamides is 1. The molecule has 0 bridgehead atoms. The van der Waals surface area contributed by atoms with Crippen LogP contribution in [-0.2, 0) is 10.0 Å². The molecule has 40 heavy (non-hydrogen) atoms. The molecule has 2 aromatic heterocycles. The summed E-state index contributed by atoms with van der Waals surface area (Å²) in [6.07, 6.45) is 1.31. The zero-order chi connectivity index (χ0) is 29.0. The maximum atomic E-state index is 15.0. The summed E-state index contributed by atoms with van der Waals surface area (Å²) in [6.45, 7) is 10.1. The lowest BCUT2D eigenvalue weighted by atomic mass is 10.1. The molecule has 8 nitrogen and oxygen atoms in total. The number of pyridine rings is 2. The number of amides is 1. The van der Waals surface area contributed by atoms with Gasteiger partial charge >= 0.3 is 0 Å². The second kappa shape index (κ2) is 11.8. The van der Waals surface area contributed by atoms with Gasteiger partial charge in [-0.05, 0) is 80.3 Å². The summed E-state index contributed by atoms with van der Waals surface area (Å²) in [5, 5.41) is -0.319. The van der Waals surface area contributed by atoms with Gasteiger partial charge in [0.25, 0.3) is 15.9 Å². The fraction of sp³-hybridized carbons (Fsp3) is 0.233. The average Bonchev–Trinajstić information content (AvgIpc) is 2.90. The molecule has 1 amide bonds. The van der Waals surface area contributed by atoms with E-state index >= 15 is 0 Å². The van der Waals surface area contributed by atoms with Crippen LogP contribution in [-0.4, -0.2) is 30.9 Å². The highest BCUT2D eigenvalue weighted by Crippen LogP contribution is 2.34. The van der Waals surface area contributed by atoms with Gasteiger partial charge in [-0.2, -0.15) is 8.42 Å². The highest BCUT2D eigenvalue weighted by Gasteiger charge is 2.25. The van der Waals surface area contributed by atoms with E-state index in [1.807, 2.05) is 51.5 Å². The van der Waals surface area contributed by atoms with Crippen molar-refractivity contribution in [2.75, 3.05) is 6.61 Å². The Morgan fingerprint density at radius 3 is 2.38 bits per heavy atom. The number of benzene rings is 2. The number of aryl methyl sites for hydroxylation is 3. The molecule has 0 atom stereocenters. The van der Waals surface area contributed by atoms with E-state index in [0.29, 0.717) is 18.1 Å². The number of aromatic nitrogens is 2. The van der Waals surface area contributed by atoms with Gasteiger partial charge in [0.15, 0.2) is 5.03 Å². The Labute approximate surface area is 233 Å². The largest absolute Gasteiger partial charge is 0.493 e. The van der Waals surface area contributed by atoms with Crippen LogP contribution in [0.4, 0.5) is 4.39 Å². The highest BCUT2D eigenvalue weighted by atomic mass is 32.2. The number of nitrogens with zero attached hydrogens (tertiary/aromatic N) is 2. The van der Waals surface area contributed by atoms with E-state index < -0.39 is 21.7 Å². The fourth-order valence-corrected chi connectivity index (χ4v) is 4.97. The summed E-state index contributed by atoms with van der Waals surface area (Å²) in [4.78, 5) is 21.5. The molecule has 0 radical (unpaired) electrons. The maximum absolute atomic E-state index is 15.0. The van der Waals surface area contributed by atoms with Crippen LogP contribution in [0.15, 0.2) is 71.9 Å². The molecule has 10 heteroatoms. The Balaban J connectivity index is 1.78. The van der Waals surface area contributed by atoms with Crippen LogP contribution in [0, 0.1) is 32.5 Å². The third kappa shape index (κ3) is 6.63. The van der Waals surface area contributed by atoms with Gasteiger partial charge in [0.05, 0.1) is 12.3 Å². The Morgan fingerprint density at radius 2 is 1.73 bits per heavy atom. The van der Waals surface area contributed by atoms with Gasteiger partial charge in [0, 0.05) is 11.8 Å². The first-order valence-corrected chi connectivity index (χ1v) is 14.1. The molecule has 2 heterocycles. The number of rotatable bonds is 9. The first-order chi connectivity index (χ1) is 18.9. The van der Waals surface area contributed by atoms with Crippen molar-refractivity contribution in [2.45, 2.75) is 39.6 Å². The lowest BCUT2D eigenvalue weighted by Gasteiger charge is -2.16. The molecular formula is C30H30FN3O5S.